The second-order valence-corrected chi connectivity index (χ2v) is 5.41. The van der Waals surface area contributed by atoms with Gasteiger partial charge in [0.25, 0.3) is 0 Å². The molecule has 2 aromatic rings. The molecule has 0 aromatic heterocycles. The number of ether oxygens (including phenoxy) is 3. The fourth-order valence-corrected chi connectivity index (χ4v) is 2.42. The highest BCUT2D eigenvalue weighted by Crippen LogP contribution is 2.38. The van der Waals surface area contributed by atoms with Crippen molar-refractivity contribution in [2.24, 2.45) is 0 Å². The van der Waals surface area contributed by atoms with Crippen LogP contribution in [-0.4, -0.2) is 26.4 Å². The van der Waals surface area contributed by atoms with Gasteiger partial charge < -0.3 is 19.3 Å². The molecule has 0 fully saturated rings. The van der Waals surface area contributed by atoms with Crippen LogP contribution < -0.4 is 14.2 Å². The largest absolute Gasteiger partial charge is 0.507 e. The van der Waals surface area contributed by atoms with Crippen molar-refractivity contribution in [2.75, 3.05) is 21.3 Å². The zero-order valence-corrected chi connectivity index (χ0v) is 14.2. The zero-order chi connectivity index (χ0) is 16.1. The van der Waals surface area contributed by atoms with Crippen LogP contribution in [0.2, 0.25) is 0 Å². The van der Waals surface area contributed by atoms with E-state index in [0.29, 0.717) is 22.8 Å². The second-order valence-electron chi connectivity index (χ2n) is 4.50. The highest BCUT2D eigenvalue weighted by molar-refractivity contribution is 9.10. The van der Waals surface area contributed by atoms with E-state index >= 15 is 0 Å². The Morgan fingerprint density at radius 2 is 1.55 bits per heavy atom. The molecule has 0 amide bonds. The molecular weight excluding hydrogens is 348 g/mol. The van der Waals surface area contributed by atoms with Gasteiger partial charge in [-0.25, -0.2) is 0 Å². The molecule has 5 heteroatoms. The number of aromatic hydroxyl groups is 1. The van der Waals surface area contributed by atoms with Gasteiger partial charge in [0.15, 0.2) is 11.5 Å². The van der Waals surface area contributed by atoms with Gasteiger partial charge in [-0.2, -0.15) is 0 Å². The fourth-order valence-electron chi connectivity index (χ4n) is 2.04. The average molecular weight is 365 g/mol. The molecule has 1 N–H and O–H groups in total. The van der Waals surface area contributed by atoms with Crippen LogP contribution in [0.15, 0.2) is 34.8 Å². The molecule has 22 heavy (non-hydrogen) atoms. The van der Waals surface area contributed by atoms with Gasteiger partial charge in [-0.3, -0.25) is 0 Å². The molecule has 0 heterocycles. The van der Waals surface area contributed by atoms with Crippen molar-refractivity contribution in [3.63, 3.8) is 0 Å². The Hall–Kier alpha value is -2.14. The molecule has 0 unspecified atom stereocenters. The Morgan fingerprint density at radius 1 is 0.909 bits per heavy atom. The summed E-state index contributed by atoms with van der Waals surface area (Å²) in [6, 6.07) is 8.94. The molecule has 4 nitrogen and oxygen atoms in total. The Labute approximate surface area is 138 Å². The first-order chi connectivity index (χ1) is 10.6. The summed E-state index contributed by atoms with van der Waals surface area (Å²) in [6.07, 6.45) is 3.69. The summed E-state index contributed by atoms with van der Waals surface area (Å²) < 4.78 is 16.8. The number of phenols is 1. The lowest BCUT2D eigenvalue weighted by Crippen LogP contribution is -1.95. The summed E-state index contributed by atoms with van der Waals surface area (Å²) in [7, 11) is 4.71. The molecule has 0 radical (unpaired) electrons. The number of rotatable bonds is 5. The lowest BCUT2D eigenvalue weighted by atomic mass is 10.1. The van der Waals surface area contributed by atoms with Gasteiger partial charge in [0.2, 0.25) is 5.75 Å². The Kier molecular flexibility index (Phi) is 5.33. The van der Waals surface area contributed by atoms with Crippen LogP contribution >= 0.6 is 15.9 Å². The van der Waals surface area contributed by atoms with Gasteiger partial charge in [-0.15, -0.1) is 0 Å². The number of phenolic OH excluding ortho intramolecular Hbond substituents is 1. The number of methoxy groups -OCH3 is 3. The predicted molar refractivity (Wildman–Crippen MR) is 90.8 cm³/mol. The van der Waals surface area contributed by atoms with E-state index in [1.54, 1.807) is 33.5 Å². The first-order valence-corrected chi connectivity index (χ1v) is 7.35. The van der Waals surface area contributed by atoms with Crippen LogP contribution in [0.1, 0.15) is 11.1 Å². The van der Waals surface area contributed by atoms with Crippen molar-refractivity contribution in [3.05, 3.63) is 45.9 Å². The molecule has 116 valence electrons. The first kappa shape index (κ1) is 16.2. The number of hydrogen-bond donors (Lipinski definition) is 1. The minimum Gasteiger partial charge on any atom is -0.507 e. The molecule has 0 aliphatic carbocycles. The van der Waals surface area contributed by atoms with Crippen molar-refractivity contribution >= 4 is 28.1 Å². The lowest BCUT2D eigenvalue weighted by Gasteiger charge is -2.12. The number of benzene rings is 2. The van der Waals surface area contributed by atoms with Gasteiger partial charge in [0, 0.05) is 10.0 Å². The third-order valence-electron chi connectivity index (χ3n) is 3.13. The predicted octanol–water partition coefficient (Wildman–Crippen LogP) is 4.35. The van der Waals surface area contributed by atoms with Crippen molar-refractivity contribution < 1.29 is 19.3 Å². The summed E-state index contributed by atoms with van der Waals surface area (Å²) in [5.41, 5.74) is 1.58. The standard InChI is InChI=1S/C17H17BrO4/c1-20-15-8-11(9-16(21-2)17(15)22-3)4-5-12-10-13(18)6-7-14(12)19/h4-10,19H,1-3H3/b5-4+. The van der Waals surface area contributed by atoms with E-state index in [9.17, 15) is 5.11 Å². The number of hydrogen-bond acceptors (Lipinski definition) is 4. The third-order valence-corrected chi connectivity index (χ3v) is 3.63. The quantitative estimate of drug-likeness (QED) is 0.801. The minimum absolute atomic E-state index is 0.215. The molecule has 0 aliphatic heterocycles. The lowest BCUT2D eigenvalue weighted by molar-refractivity contribution is 0.324. The van der Waals surface area contributed by atoms with Gasteiger partial charge in [0.05, 0.1) is 21.3 Å². The normalized spacial score (nSPS) is 10.7. The van der Waals surface area contributed by atoms with Crippen LogP contribution in [0, 0.1) is 0 Å². The molecule has 2 rings (SSSR count). The van der Waals surface area contributed by atoms with Crippen molar-refractivity contribution in [3.8, 4) is 23.0 Å². The van der Waals surface area contributed by atoms with Crippen LogP contribution in [0.5, 0.6) is 23.0 Å². The fraction of sp³-hybridized carbons (Fsp3) is 0.176. The van der Waals surface area contributed by atoms with Gasteiger partial charge in [-0.05, 0) is 35.9 Å². The molecule has 2 aromatic carbocycles. The van der Waals surface area contributed by atoms with E-state index in [1.165, 1.54) is 0 Å². The monoisotopic (exact) mass is 364 g/mol. The highest BCUT2D eigenvalue weighted by Gasteiger charge is 2.12. The van der Waals surface area contributed by atoms with Crippen LogP contribution in [-0.2, 0) is 0 Å². The maximum absolute atomic E-state index is 9.86. The zero-order valence-electron chi connectivity index (χ0n) is 12.6. The topological polar surface area (TPSA) is 47.9 Å². The van der Waals surface area contributed by atoms with Gasteiger partial charge >= 0.3 is 0 Å². The van der Waals surface area contributed by atoms with E-state index in [1.807, 2.05) is 30.4 Å². The van der Waals surface area contributed by atoms with E-state index in [-0.39, 0.29) is 5.75 Å². The summed E-state index contributed by atoms with van der Waals surface area (Å²) in [4.78, 5) is 0. The molecule has 0 saturated heterocycles. The summed E-state index contributed by atoms with van der Waals surface area (Å²) in [6.45, 7) is 0. The molecule has 0 bridgehead atoms. The van der Waals surface area contributed by atoms with E-state index in [2.05, 4.69) is 15.9 Å². The van der Waals surface area contributed by atoms with Crippen LogP contribution in [0.4, 0.5) is 0 Å². The Morgan fingerprint density at radius 3 is 2.09 bits per heavy atom. The first-order valence-electron chi connectivity index (χ1n) is 6.55. The smallest absolute Gasteiger partial charge is 0.203 e. The maximum atomic E-state index is 9.86. The van der Waals surface area contributed by atoms with Crippen molar-refractivity contribution in [2.45, 2.75) is 0 Å². The van der Waals surface area contributed by atoms with Gasteiger partial charge in [0.1, 0.15) is 5.75 Å². The molecule has 0 atom stereocenters. The molecule has 0 spiro atoms. The average Bonchev–Trinajstić information content (AvgIpc) is 2.54. The molecular formula is C17H17BrO4. The SMILES string of the molecule is COc1cc(/C=C/c2cc(Br)ccc2O)cc(OC)c1OC. The van der Waals surface area contributed by atoms with Crippen molar-refractivity contribution in [1.82, 2.24) is 0 Å². The second kappa shape index (κ2) is 7.22. The summed E-state index contributed by atoms with van der Waals surface area (Å²) in [5, 5.41) is 9.86. The highest BCUT2D eigenvalue weighted by atomic mass is 79.9. The number of halogens is 1. The van der Waals surface area contributed by atoms with E-state index < -0.39 is 0 Å². The van der Waals surface area contributed by atoms with Crippen LogP contribution in [0.3, 0.4) is 0 Å². The maximum Gasteiger partial charge on any atom is 0.203 e. The molecule has 0 saturated carbocycles. The van der Waals surface area contributed by atoms with Gasteiger partial charge in [-0.1, -0.05) is 28.1 Å². The summed E-state index contributed by atoms with van der Waals surface area (Å²) >= 11 is 3.39. The van der Waals surface area contributed by atoms with Crippen molar-refractivity contribution in [1.29, 1.82) is 0 Å². The molecule has 0 aliphatic rings. The minimum atomic E-state index is 0.215. The third kappa shape index (κ3) is 3.54. The Balaban J connectivity index is 2.40. The van der Waals surface area contributed by atoms with E-state index in [4.69, 9.17) is 14.2 Å². The Bertz CT molecular complexity index is 670. The van der Waals surface area contributed by atoms with Crippen LogP contribution in [0.25, 0.3) is 12.2 Å². The van der Waals surface area contributed by atoms with E-state index in [0.717, 1.165) is 10.0 Å². The summed E-state index contributed by atoms with van der Waals surface area (Å²) in [5.74, 6) is 1.93.